The first kappa shape index (κ1) is 108. The van der Waals surface area contributed by atoms with Gasteiger partial charge in [0.1, 0.15) is 77.9 Å². The van der Waals surface area contributed by atoms with Crippen molar-refractivity contribution in [3.05, 3.63) is 106 Å². The Morgan fingerprint density at radius 2 is 1.17 bits per heavy atom. The van der Waals surface area contributed by atoms with Crippen LogP contribution >= 0.6 is 40.7 Å². The van der Waals surface area contributed by atoms with Gasteiger partial charge < -0.3 is 79.7 Å². The molecule has 10 heterocycles. The molecular formula is C82H130BrCl2N19O18. The van der Waals surface area contributed by atoms with E-state index < -0.39 is 35.9 Å². The predicted octanol–water partition coefficient (Wildman–Crippen LogP) is 8.02. The number of nitrogen functional groups attached to an aromatic ring is 1. The average molecular weight is 1820 g/mol. The number of hydrogen-bond donors (Lipinski definition) is 5. The molecule has 0 aromatic carbocycles. The third kappa shape index (κ3) is 36.7. The number of aryl methyl sites for hydroxylation is 5. The summed E-state index contributed by atoms with van der Waals surface area (Å²) in [6.45, 7) is 20.9. The van der Waals surface area contributed by atoms with E-state index in [2.05, 4.69) is 93.4 Å². The Morgan fingerprint density at radius 3 is 1.66 bits per heavy atom. The topological polar surface area (TPSA) is 454 Å². The van der Waals surface area contributed by atoms with Crippen molar-refractivity contribution in [3.63, 3.8) is 0 Å². The molecule has 5 aromatic heterocycles. The predicted molar refractivity (Wildman–Crippen MR) is 463 cm³/mol. The molecule has 37 nitrogen and oxygen atoms in total. The van der Waals surface area contributed by atoms with Crippen LogP contribution in [0.3, 0.4) is 0 Å². The molecule has 0 bridgehead atoms. The SMILES string of the molecule is CC(C)(C)OC(=O)NCCBr.COC(=O)C1CCCN1.COC(=O)C1CCCN1CCN.COC(=O)C1CCCN1CCNC(=O)OC(C)(C)C.COC(OC)c1nc2c(cc1C=O)CCCC2.COC(OC)c1nc2c(cc1CN1CCN3CCCC3C1=O)CCCC2.COCCCc1cc(N)ncc1C#N.Cl.Cl.O=C(n1cncn1)n1cncn1. The molecule has 7 aliphatic rings. The fraction of sp³-hybridized carbons (Fsp3) is 0.659. The lowest BCUT2D eigenvalue weighted by Gasteiger charge is -2.37. The summed E-state index contributed by atoms with van der Waals surface area (Å²) < 4.78 is 52.5. The summed E-state index contributed by atoms with van der Waals surface area (Å²) in [5.41, 5.74) is 19.4. The summed E-state index contributed by atoms with van der Waals surface area (Å²) in [6, 6.07) is 7.43. The van der Waals surface area contributed by atoms with Gasteiger partial charge in [0.2, 0.25) is 18.5 Å². The number of ether oxygens (including phenoxy) is 10. The van der Waals surface area contributed by atoms with Crippen LogP contribution in [0, 0.1) is 11.3 Å². The third-order valence-corrected chi connectivity index (χ3v) is 20.2. The number of rotatable bonds is 23. The van der Waals surface area contributed by atoms with Gasteiger partial charge in [-0.2, -0.15) is 24.8 Å². The third-order valence-electron chi connectivity index (χ3n) is 19.8. The number of methoxy groups -OCH3 is 8. The quantitative estimate of drug-likeness (QED) is 0.0103. The summed E-state index contributed by atoms with van der Waals surface area (Å²) in [7, 11) is 12.3. The minimum atomic E-state index is -0.567. The molecule has 5 aliphatic heterocycles. The maximum atomic E-state index is 12.9. The Hall–Kier alpha value is -8.56. The lowest BCUT2D eigenvalue weighted by Crippen LogP contribution is -2.53. The number of alkyl carbamates (subject to hydrolysis) is 2. The van der Waals surface area contributed by atoms with Crippen molar-refractivity contribution >= 4 is 94.9 Å². The van der Waals surface area contributed by atoms with Crippen molar-refractivity contribution in [1.82, 2.24) is 80.0 Å². The highest BCUT2D eigenvalue weighted by atomic mass is 79.9. The lowest BCUT2D eigenvalue weighted by molar-refractivity contribution is -0.146. The number of halogens is 3. The van der Waals surface area contributed by atoms with Crippen LogP contribution < -0.4 is 27.4 Å². The Balaban J connectivity index is 0.000000367. The van der Waals surface area contributed by atoms with Gasteiger partial charge in [-0.05, 0) is 218 Å². The summed E-state index contributed by atoms with van der Waals surface area (Å²) in [6.07, 6.45) is 24.0. The Bertz CT molecular complexity index is 3940. The molecule has 4 atom stereocenters. The maximum absolute atomic E-state index is 12.9. The highest BCUT2D eigenvalue weighted by Gasteiger charge is 2.39. The number of amides is 3. The molecule has 0 radical (unpaired) electrons. The Labute approximate surface area is 737 Å². The number of alkyl halides is 1. The van der Waals surface area contributed by atoms with Crippen LogP contribution in [-0.2, 0) is 105 Å². The second kappa shape index (κ2) is 57.8. The van der Waals surface area contributed by atoms with Gasteiger partial charge in [0, 0.05) is 123 Å². The van der Waals surface area contributed by atoms with Crippen molar-refractivity contribution < 1.29 is 85.7 Å². The standard InChI is InChI=1S/C20H29N3O3.C13H24N2O4.C13H17NO3.C10H13N3O.C8H16N2O2.C7H14BrNO2.C6H11NO2.C5H4N6O.2ClH/c1-25-20(26-2)18-15(12-14-6-3-4-7-16(14)21-18)13-23-11-10-22-9-5-8-17(22)19(23)24;1-13(2,3)19-12(17)14-7-9-15-8-5-6-10(15)11(16)18-4;1-16-13(17-2)12-10(8-15)7-9-5-3-4-6-11(9)14-12;1-14-4-2-3-8-5-10(12)13-7-9(8)6-11;1-12-8(11)7-3-2-5-10(7)6-4-9;1-7(2,3)11-6(10)9-5-4-8;1-9-6(8)5-3-2-4-7-5;12-5(10-3-6-1-8-10)11-4-7-2-9-11;;/h12,17,20H,3-11,13H2,1-2H3;10H,5-9H2,1-4H3,(H,14,17);7-8,13H,3-6H2,1-2H3;5,7H,2-4H2,1H3,(H2,12,13);7H,2-6,9H2,1H3;4-5H2,1-3H3,(H,9,10);5,7H,2-4H2,1H3;1-4H;2*1H. The van der Waals surface area contributed by atoms with E-state index in [-0.39, 0.29) is 78.9 Å². The molecular weight excluding hydrogens is 1690 g/mol. The van der Waals surface area contributed by atoms with Gasteiger partial charge in [-0.15, -0.1) is 24.8 Å². The van der Waals surface area contributed by atoms with Crippen LogP contribution in [0.5, 0.6) is 0 Å². The van der Waals surface area contributed by atoms with Gasteiger partial charge in [0.05, 0.1) is 32.9 Å². The molecule has 5 saturated heterocycles. The molecule has 4 unspecified atom stereocenters. The zero-order chi connectivity index (χ0) is 88.2. The number of nitrogens with zero attached hydrogens (tertiary/aromatic N) is 14. The second-order valence-corrected chi connectivity index (χ2v) is 31.5. The van der Waals surface area contributed by atoms with Gasteiger partial charge in [-0.25, -0.2) is 29.3 Å². The van der Waals surface area contributed by atoms with Gasteiger partial charge in [-0.1, -0.05) is 22.0 Å². The maximum Gasteiger partial charge on any atom is 0.407 e. The van der Waals surface area contributed by atoms with Crippen molar-refractivity contribution in [1.29, 1.82) is 5.26 Å². The number of nitrogens with one attached hydrogen (secondary N) is 3. The average Bonchev–Trinajstić information content (AvgIpc) is 1.25. The van der Waals surface area contributed by atoms with Crippen LogP contribution in [0.2, 0.25) is 0 Å². The van der Waals surface area contributed by atoms with E-state index >= 15 is 0 Å². The number of pyridine rings is 3. The first-order chi connectivity index (χ1) is 57.6. The summed E-state index contributed by atoms with van der Waals surface area (Å²) in [5, 5.41) is 25.1. The van der Waals surface area contributed by atoms with E-state index in [1.54, 1.807) is 41.6 Å². The molecule has 0 saturated carbocycles. The number of aromatic nitrogens is 9. The number of carbonyl (C=O) groups is 8. The van der Waals surface area contributed by atoms with Crippen LogP contribution in [0.1, 0.15) is 199 Å². The smallest absolute Gasteiger partial charge is 0.407 e. The minimum Gasteiger partial charge on any atom is -0.468 e. The molecule has 7 N–H and O–H groups in total. The molecule has 2 aliphatic carbocycles. The van der Waals surface area contributed by atoms with Gasteiger partial charge in [-0.3, -0.25) is 48.6 Å². The van der Waals surface area contributed by atoms with Crippen LogP contribution in [0.25, 0.3) is 0 Å². The van der Waals surface area contributed by atoms with Crippen molar-refractivity contribution in [2.24, 2.45) is 5.73 Å². The van der Waals surface area contributed by atoms with Gasteiger partial charge in [0.15, 0.2) is 6.29 Å². The number of nitrogens with two attached hydrogens (primary N) is 2. The summed E-state index contributed by atoms with van der Waals surface area (Å²) in [4.78, 5) is 120. The second-order valence-electron chi connectivity index (χ2n) is 30.7. The van der Waals surface area contributed by atoms with E-state index in [0.717, 1.165) is 186 Å². The molecule has 3 amide bonds. The number of nitriles is 1. The number of anilines is 1. The number of fused-ring (bicyclic) bond motifs is 3. The monoisotopic (exact) mass is 1820 g/mol. The fourth-order valence-electron chi connectivity index (χ4n) is 14.1. The molecule has 12 rings (SSSR count). The first-order valence-electron chi connectivity index (χ1n) is 40.7. The van der Waals surface area contributed by atoms with E-state index in [1.807, 2.05) is 57.4 Å². The molecule has 0 spiro atoms. The van der Waals surface area contributed by atoms with Crippen molar-refractivity contribution in [2.75, 3.05) is 147 Å². The van der Waals surface area contributed by atoms with E-state index in [9.17, 15) is 38.4 Å². The summed E-state index contributed by atoms with van der Waals surface area (Å²) >= 11 is 3.19. The van der Waals surface area contributed by atoms with Gasteiger partial charge >= 0.3 is 36.1 Å². The van der Waals surface area contributed by atoms with E-state index in [0.29, 0.717) is 62.0 Å². The lowest BCUT2D eigenvalue weighted by atomic mass is 9.93. The van der Waals surface area contributed by atoms with Crippen LogP contribution in [0.4, 0.5) is 20.2 Å². The van der Waals surface area contributed by atoms with Crippen molar-refractivity contribution in [2.45, 2.75) is 212 Å². The van der Waals surface area contributed by atoms with E-state index in [1.165, 1.54) is 88.9 Å². The minimum absolute atomic E-state index is 0. The Morgan fingerprint density at radius 1 is 0.648 bits per heavy atom. The number of hydrogen-bond acceptors (Lipinski definition) is 32. The molecule has 682 valence electrons. The summed E-state index contributed by atoms with van der Waals surface area (Å²) in [5.74, 6) is 0.267. The number of aldehydes is 1. The van der Waals surface area contributed by atoms with E-state index in [4.69, 9.17) is 59.6 Å². The Kier molecular flexibility index (Phi) is 51.0. The largest absolute Gasteiger partial charge is 0.468 e. The molecule has 40 heteroatoms. The zero-order valence-corrected chi connectivity index (χ0v) is 76.5. The highest BCUT2D eigenvalue weighted by molar-refractivity contribution is 9.09. The molecule has 122 heavy (non-hydrogen) atoms. The normalized spacial score (nSPS) is 17.6. The zero-order valence-electron chi connectivity index (χ0n) is 73.2. The fourth-order valence-corrected chi connectivity index (χ4v) is 14.3. The first-order valence-corrected chi connectivity index (χ1v) is 41.9. The van der Waals surface area contributed by atoms with Crippen LogP contribution in [-0.4, -0.2) is 289 Å². The number of piperazine rings is 1. The molecule has 5 aromatic rings. The van der Waals surface area contributed by atoms with Gasteiger partial charge in [0.25, 0.3) is 0 Å². The van der Waals surface area contributed by atoms with Crippen LogP contribution in [0.15, 0.2) is 49.7 Å². The highest BCUT2D eigenvalue weighted by Crippen LogP contribution is 2.32. The molecule has 5 fully saturated rings. The number of esters is 3. The van der Waals surface area contributed by atoms with Crippen molar-refractivity contribution in [3.8, 4) is 6.07 Å². The number of likely N-dealkylation sites (tertiary alicyclic amines) is 2. The number of carbonyl (C=O) groups excluding carboxylic acids is 8.